The summed E-state index contributed by atoms with van der Waals surface area (Å²) in [5.74, 6) is 0.433. The number of ether oxygens (including phenoxy) is 1. The van der Waals surface area contributed by atoms with E-state index in [2.05, 4.69) is 6.08 Å². The highest BCUT2D eigenvalue weighted by Crippen LogP contribution is 2.53. The number of nitrogens with zero attached hydrogens (tertiary/aromatic N) is 2. The number of hydrogen-bond acceptors (Lipinski definition) is 4. The van der Waals surface area contributed by atoms with E-state index in [4.69, 9.17) is 9.84 Å². The summed E-state index contributed by atoms with van der Waals surface area (Å²) in [6.45, 7) is 0. The summed E-state index contributed by atoms with van der Waals surface area (Å²) in [5, 5.41) is 18.5. The number of allylic oxidation sites excluding steroid dienone is 1. The first-order valence-electron chi connectivity index (χ1n) is 12.8. The number of aliphatic hydroxyl groups excluding tert-OH is 1. The Kier molecular flexibility index (Phi) is 6.14. The zero-order chi connectivity index (χ0) is 26.1. The molecule has 0 fully saturated rings. The largest absolute Gasteiger partial charge is 0.497 e. The highest BCUT2D eigenvalue weighted by atomic mass is 16.5. The molecule has 4 aromatic carbocycles. The van der Waals surface area contributed by atoms with Crippen molar-refractivity contribution in [2.24, 2.45) is 10.5 Å². The quantitative estimate of drug-likeness (QED) is 0.362. The fourth-order valence-corrected chi connectivity index (χ4v) is 5.68. The Labute approximate surface area is 222 Å². The zero-order valence-corrected chi connectivity index (χ0v) is 21.1. The number of benzene rings is 4. The van der Waals surface area contributed by atoms with Crippen LogP contribution < -0.4 is 9.75 Å². The third-order valence-corrected chi connectivity index (χ3v) is 7.55. The maximum atomic E-state index is 14.6. The molecular formula is C33H28N2O3. The molecule has 2 aliphatic rings. The van der Waals surface area contributed by atoms with E-state index in [0.29, 0.717) is 17.8 Å². The number of amides is 1. The molecule has 6 rings (SSSR count). The van der Waals surface area contributed by atoms with Crippen molar-refractivity contribution in [3.05, 3.63) is 138 Å². The molecule has 0 saturated carbocycles. The summed E-state index contributed by atoms with van der Waals surface area (Å²) in [4.78, 5) is 14.6. The van der Waals surface area contributed by atoms with Gasteiger partial charge in [0.1, 0.15) is 11.2 Å². The molecular weight excluding hydrogens is 472 g/mol. The molecule has 0 radical (unpaired) electrons. The maximum Gasteiger partial charge on any atom is 0.266 e. The number of aliphatic hydroxyl groups is 1. The topological polar surface area (TPSA) is 62.1 Å². The van der Waals surface area contributed by atoms with Crippen molar-refractivity contribution >= 4 is 22.9 Å². The standard InChI is InChI=1S/C33H28N2O3/c1-38-28-19-17-23(18-20-28)26-21-29(24-11-5-2-6-12-24)33(30(36)22-26)31(25-13-7-3-8-14-25)34-35(32(33)37)27-15-9-4-10-16-27/h2-21,26,30,36H,22H2,1H3/t26-,30-,33+/m0/s1. The zero-order valence-electron chi connectivity index (χ0n) is 21.1. The average molecular weight is 501 g/mol. The van der Waals surface area contributed by atoms with Crippen LogP contribution in [0.25, 0.3) is 5.57 Å². The minimum absolute atomic E-state index is 0.0904. The van der Waals surface area contributed by atoms with E-state index in [1.54, 1.807) is 7.11 Å². The van der Waals surface area contributed by atoms with Crippen molar-refractivity contribution in [1.29, 1.82) is 0 Å². The van der Waals surface area contributed by atoms with Gasteiger partial charge in [-0.25, -0.2) is 0 Å². The fourth-order valence-electron chi connectivity index (χ4n) is 5.68. The van der Waals surface area contributed by atoms with Crippen LogP contribution in [0.2, 0.25) is 0 Å². The molecule has 0 saturated heterocycles. The van der Waals surface area contributed by atoms with Crippen LogP contribution in [-0.4, -0.2) is 29.9 Å². The highest BCUT2D eigenvalue weighted by molar-refractivity contribution is 6.32. The second-order valence-corrected chi connectivity index (χ2v) is 9.65. The van der Waals surface area contributed by atoms with Crippen molar-refractivity contribution in [3.8, 4) is 5.75 Å². The summed E-state index contributed by atoms with van der Waals surface area (Å²) >= 11 is 0. The van der Waals surface area contributed by atoms with E-state index in [0.717, 1.165) is 28.0 Å². The first kappa shape index (κ1) is 23.9. The van der Waals surface area contributed by atoms with Crippen LogP contribution in [0.3, 0.4) is 0 Å². The highest BCUT2D eigenvalue weighted by Gasteiger charge is 2.61. The van der Waals surface area contributed by atoms with Gasteiger partial charge in [-0.1, -0.05) is 97.1 Å². The van der Waals surface area contributed by atoms with Crippen LogP contribution in [0.4, 0.5) is 5.69 Å². The Morgan fingerprint density at radius 3 is 2.00 bits per heavy atom. The molecule has 1 aliphatic carbocycles. The number of hydrazone groups is 1. The van der Waals surface area contributed by atoms with Gasteiger partial charge in [-0.3, -0.25) is 4.79 Å². The fraction of sp³-hybridized carbons (Fsp3) is 0.152. The van der Waals surface area contributed by atoms with Crippen LogP contribution in [-0.2, 0) is 4.79 Å². The monoisotopic (exact) mass is 500 g/mol. The lowest BCUT2D eigenvalue weighted by Gasteiger charge is -2.41. The lowest BCUT2D eigenvalue weighted by Crippen LogP contribution is -2.52. The van der Waals surface area contributed by atoms with Gasteiger partial charge in [-0.2, -0.15) is 10.1 Å². The predicted octanol–water partition coefficient (Wildman–Crippen LogP) is 6.06. The summed E-state index contributed by atoms with van der Waals surface area (Å²) in [6, 6.07) is 36.9. The minimum Gasteiger partial charge on any atom is -0.497 e. The van der Waals surface area contributed by atoms with E-state index in [1.165, 1.54) is 5.01 Å². The Morgan fingerprint density at radius 1 is 0.816 bits per heavy atom. The van der Waals surface area contributed by atoms with Crippen molar-refractivity contribution in [3.63, 3.8) is 0 Å². The predicted molar refractivity (Wildman–Crippen MR) is 150 cm³/mol. The van der Waals surface area contributed by atoms with Crippen LogP contribution in [0.1, 0.15) is 29.0 Å². The van der Waals surface area contributed by atoms with Gasteiger partial charge >= 0.3 is 0 Å². The van der Waals surface area contributed by atoms with Crippen LogP contribution in [0, 0.1) is 5.41 Å². The second kappa shape index (κ2) is 9.77. The van der Waals surface area contributed by atoms with Crippen molar-refractivity contribution in [2.75, 3.05) is 12.1 Å². The van der Waals surface area contributed by atoms with E-state index < -0.39 is 11.5 Å². The molecule has 1 spiro atoms. The van der Waals surface area contributed by atoms with Gasteiger partial charge in [0.2, 0.25) is 0 Å². The molecule has 0 aromatic heterocycles. The molecule has 5 nitrogen and oxygen atoms in total. The molecule has 38 heavy (non-hydrogen) atoms. The summed E-state index contributed by atoms with van der Waals surface area (Å²) in [6.07, 6.45) is 1.52. The average Bonchev–Trinajstić information content (AvgIpc) is 3.29. The number of rotatable bonds is 5. The van der Waals surface area contributed by atoms with Crippen LogP contribution in [0.5, 0.6) is 5.75 Å². The van der Waals surface area contributed by atoms with Gasteiger partial charge < -0.3 is 9.84 Å². The van der Waals surface area contributed by atoms with Gasteiger partial charge in [0.15, 0.2) is 0 Å². The summed E-state index contributed by atoms with van der Waals surface area (Å²) in [7, 11) is 1.64. The molecule has 1 N–H and O–H groups in total. The molecule has 4 aromatic rings. The molecule has 188 valence electrons. The van der Waals surface area contributed by atoms with Gasteiger partial charge in [0.25, 0.3) is 5.91 Å². The first-order valence-corrected chi connectivity index (χ1v) is 12.8. The third-order valence-electron chi connectivity index (χ3n) is 7.55. The molecule has 0 unspecified atom stereocenters. The number of anilines is 1. The van der Waals surface area contributed by atoms with Crippen molar-refractivity contribution in [2.45, 2.75) is 18.4 Å². The molecule has 0 bridgehead atoms. The van der Waals surface area contributed by atoms with Gasteiger partial charge in [0.05, 0.1) is 24.6 Å². The molecule has 3 atom stereocenters. The Morgan fingerprint density at radius 2 is 1.39 bits per heavy atom. The van der Waals surface area contributed by atoms with E-state index in [9.17, 15) is 9.90 Å². The van der Waals surface area contributed by atoms with Crippen molar-refractivity contribution < 1.29 is 14.6 Å². The lowest BCUT2D eigenvalue weighted by molar-refractivity contribution is -0.125. The van der Waals surface area contributed by atoms with Gasteiger partial charge in [-0.15, -0.1) is 0 Å². The van der Waals surface area contributed by atoms with E-state index >= 15 is 0 Å². The van der Waals surface area contributed by atoms with Gasteiger partial charge in [-0.05, 0) is 52.9 Å². The van der Waals surface area contributed by atoms with E-state index in [-0.39, 0.29) is 11.8 Å². The lowest BCUT2D eigenvalue weighted by atomic mass is 9.61. The molecule has 1 heterocycles. The molecule has 1 aliphatic heterocycles. The molecule has 1 amide bonds. The Hall–Kier alpha value is -4.48. The number of carbonyl (C=O) groups is 1. The second-order valence-electron chi connectivity index (χ2n) is 9.65. The third kappa shape index (κ3) is 3.83. The Balaban J connectivity index is 1.58. The number of para-hydroxylation sites is 1. The van der Waals surface area contributed by atoms with Gasteiger partial charge in [0, 0.05) is 5.92 Å². The number of hydrogen-bond donors (Lipinski definition) is 1. The number of carbonyl (C=O) groups excluding carboxylic acids is 1. The normalized spacial score (nSPS) is 22.8. The first-order chi connectivity index (χ1) is 18.6. The summed E-state index contributed by atoms with van der Waals surface area (Å²) < 4.78 is 5.34. The van der Waals surface area contributed by atoms with E-state index in [1.807, 2.05) is 115 Å². The summed E-state index contributed by atoms with van der Waals surface area (Å²) in [5.41, 5.74) is 3.38. The minimum atomic E-state index is -1.36. The maximum absolute atomic E-state index is 14.6. The van der Waals surface area contributed by atoms with Crippen LogP contribution >= 0.6 is 0 Å². The molecule has 5 heteroatoms. The smallest absolute Gasteiger partial charge is 0.266 e. The van der Waals surface area contributed by atoms with Crippen molar-refractivity contribution in [1.82, 2.24) is 0 Å². The Bertz CT molecular complexity index is 1500. The number of methoxy groups -OCH3 is 1. The SMILES string of the molecule is COc1ccc([C@H]2C=C(c3ccccc3)[C@@]3(C(=O)N(c4ccccc4)N=C3c3ccccc3)[C@@H](O)C2)cc1. The van der Waals surface area contributed by atoms with Crippen LogP contribution in [0.15, 0.2) is 126 Å².